The van der Waals surface area contributed by atoms with E-state index in [9.17, 15) is 0 Å². The number of nitrogens with two attached hydrogens (primary N) is 1. The largest absolute Gasteiger partial charge is 0.474 e. The Balaban J connectivity index is 2.25. The van der Waals surface area contributed by atoms with Crippen LogP contribution in [0.3, 0.4) is 0 Å². The molecule has 0 aromatic carbocycles. The van der Waals surface area contributed by atoms with E-state index in [1.54, 1.807) is 5.57 Å². The molecule has 0 saturated heterocycles. The number of fused-ring (bicyclic) bond motifs is 1. The fourth-order valence-electron chi connectivity index (χ4n) is 3.95. The molecule has 4 atom stereocenters. The van der Waals surface area contributed by atoms with Gasteiger partial charge in [-0.25, -0.2) is 0 Å². The molecule has 2 aliphatic carbocycles. The highest BCUT2D eigenvalue weighted by Crippen LogP contribution is 2.47. The van der Waals surface area contributed by atoms with E-state index >= 15 is 0 Å². The van der Waals surface area contributed by atoms with E-state index in [4.69, 9.17) is 0 Å². The summed E-state index contributed by atoms with van der Waals surface area (Å²) >= 11 is 0. The molecule has 1 heteroatoms. The van der Waals surface area contributed by atoms with Crippen LogP contribution in [0.5, 0.6) is 0 Å². The van der Waals surface area contributed by atoms with Gasteiger partial charge in [0.1, 0.15) is 0 Å². The maximum atomic E-state index is 4.05. The van der Waals surface area contributed by atoms with Crippen molar-refractivity contribution in [2.45, 2.75) is 58.9 Å². The van der Waals surface area contributed by atoms with Crippen LogP contribution in [-0.4, -0.2) is 5.54 Å². The molecule has 0 heterocycles. The Labute approximate surface area is 107 Å². The highest BCUT2D eigenvalue weighted by Gasteiger charge is 2.41. The standard InChI is InChI=1S/C16H29N/c1-11(2)13-7-6-12(3)14-8-9-16(4,17-5)10-15(13)14/h8,11-13,15H,5-7,9-10,17H2,1-4H3. The molecule has 1 nitrogen and oxygen atoms in total. The molecule has 0 amide bonds. The quantitative estimate of drug-likeness (QED) is 0.559. The topological polar surface area (TPSA) is 16.6 Å². The molecule has 17 heavy (non-hydrogen) atoms. The van der Waals surface area contributed by atoms with Crippen LogP contribution in [0.4, 0.5) is 0 Å². The van der Waals surface area contributed by atoms with Crippen LogP contribution < -0.4 is 5.32 Å². The summed E-state index contributed by atoms with van der Waals surface area (Å²) in [4.78, 5) is 0. The first kappa shape index (κ1) is 13.1. The molecule has 98 valence electrons. The highest BCUT2D eigenvalue weighted by molar-refractivity contribution is 5.20. The minimum absolute atomic E-state index is 0.346. The van der Waals surface area contributed by atoms with Crippen LogP contribution in [0, 0.1) is 30.7 Å². The van der Waals surface area contributed by atoms with Crippen molar-refractivity contribution < 1.29 is 5.32 Å². The van der Waals surface area contributed by atoms with E-state index in [1.165, 1.54) is 25.7 Å². The maximum absolute atomic E-state index is 4.05. The fourth-order valence-corrected chi connectivity index (χ4v) is 3.95. The Morgan fingerprint density at radius 2 is 2.12 bits per heavy atom. The highest BCUT2D eigenvalue weighted by atomic mass is 14.9. The summed E-state index contributed by atoms with van der Waals surface area (Å²) in [7, 11) is 4.05. The molecule has 0 spiro atoms. The predicted molar refractivity (Wildman–Crippen MR) is 73.2 cm³/mol. The summed E-state index contributed by atoms with van der Waals surface area (Å²) in [6, 6.07) is 0. The summed E-state index contributed by atoms with van der Waals surface area (Å²) in [6.07, 6.45) is 7.91. The Hall–Kier alpha value is -0.300. The second-order valence-electron chi connectivity index (χ2n) is 6.96. The van der Waals surface area contributed by atoms with Gasteiger partial charge in [-0.2, -0.15) is 7.05 Å². The lowest BCUT2D eigenvalue weighted by Gasteiger charge is -2.47. The van der Waals surface area contributed by atoms with Crippen LogP contribution in [0.15, 0.2) is 11.6 Å². The van der Waals surface area contributed by atoms with Gasteiger partial charge in [-0.05, 0) is 43.4 Å². The molecule has 0 aliphatic heterocycles. The van der Waals surface area contributed by atoms with E-state index in [0.29, 0.717) is 5.54 Å². The summed E-state index contributed by atoms with van der Waals surface area (Å²) in [5.74, 6) is 3.37. The molecule has 2 aliphatic rings. The van der Waals surface area contributed by atoms with Crippen LogP contribution in [0.25, 0.3) is 0 Å². The average molecular weight is 235 g/mol. The molecule has 0 bridgehead atoms. The van der Waals surface area contributed by atoms with E-state index in [2.05, 4.69) is 46.1 Å². The monoisotopic (exact) mass is 235 g/mol. The average Bonchev–Trinajstić information content (AvgIpc) is 2.29. The third kappa shape index (κ3) is 2.45. The second kappa shape index (κ2) is 4.76. The summed E-state index contributed by atoms with van der Waals surface area (Å²) < 4.78 is 0. The van der Waals surface area contributed by atoms with Gasteiger partial charge in [0.25, 0.3) is 0 Å². The van der Waals surface area contributed by atoms with Gasteiger partial charge in [-0.1, -0.05) is 32.4 Å². The SMILES string of the molecule is [CH2-][NH2+]C1(C)CC=C2C(C)CCC(C(C)C)C2C1. The van der Waals surface area contributed by atoms with Gasteiger partial charge in [0.2, 0.25) is 0 Å². The number of hydrogen-bond donors (Lipinski definition) is 1. The third-order valence-electron chi connectivity index (χ3n) is 5.29. The molecule has 1 saturated carbocycles. The van der Waals surface area contributed by atoms with Crippen molar-refractivity contribution in [2.75, 3.05) is 0 Å². The van der Waals surface area contributed by atoms with E-state index in [0.717, 1.165) is 23.7 Å². The predicted octanol–water partition coefficient (Wildman–Crippen LogP) is 3.14. The van der Waals surface area contributed by atoms with Crippen molar-refractivity contribution >= 4 is 0 Å². The molecule has 2 N–H and O–H groups in total. The minimum atomic E-state index is 0.346. The Morgan fingerprint density at radius 1 is 1.41 bits per heavy atom. The molecule has 1 fully saturated rings. The first-order valence-corrected chi connectivity index (χ1v) is 7.30. The van der Waals surface area contributed by atoms with Crippen LogP contribution in [0.1, 0.15) is 53.4 Å². The molecule has 2 rings (SSSR count). The Morgan fingerprint density at radius 3 is 2.71 bits per heavy atom. The van der Waals surface area contributed by atoms with Crippen molar-refractivity contribution in [2.24, 2.45) is 23.7 Å². The van der Waals surface area contributed by atoms with Crippen molar-refractivity contribution in [3.05, 3.63) is 18.7 Å². The fraction of sp³-hybridized carbons (Fsp3) is 0.812. The Bertz CT molecular complexity index is 305. The van der Waals surface area contributed by atoms with Crippen molar-refractivity contribution in [3.63, 3.8) is 0 Å². The summed E-state index contributed by atoms with van der Waals surface area (Å²) in [5, 5.41) is 2.19. The molecular weight excluding hydrogens is 206 g/mol. The first-order chi connectivity index (χ1) is 7.97. The van der Waals surface area contributed by atoms with Crippen molar-refractivity contribution in [1.29, 1.82) is 0 Å². The van der Waals surface area contributed by atoms with Gasteiger partial charge >= 0.3 is 0 Å². The lowest BCUT2D eigenvalue weighted by atomic mass is 9.61. The number of rotatable bonds is 2. The second-order valence-corrected chi connectivity index (χ2v) is 6.96. The maximum Gasteiger partial charge on any atom is 0.0735 e. The van der Waals surface area contributed by atoms with Gasteiger partial charge in [-0.3, -0.25) is 0 Å². The molecule has 4 unspecified atom stereocenters. The smallest absolute Gasteiger partial charge is 0.0735 e. The summed E-state index contributed by atoms with van der Waals surface area (Å²) in [5.41, 5.74) is 2.12. The van der Waals surface area contributed by atoms with Crippen LogP contribution in [0.2, 0.25) is 0 Å². The normalized spacial score (nSPS) is 42.2. The zero-order chi connectivity index (χ0) is 12.6. The van der Waals surface area contributed by atoms with Gasteiger partial charge in [0.15, 0.2) is 0 Å². The number of hydrogen-bond acceptors (Lipinski definition) is 0. The lowest BCUT2D eigenvalue weighted by molar-refractivity contribution is -0.674. The van der Waals surface area contributed by atoms with E-state index in [1.807, 2.05) is 0 Å². The van der Waals surface area contributed by atoms with Gasteiger partial charge in [0, 0.05) is 12.8 Å². The molecule has 0 radical (unpaired) electrons. The Kier molecular flexibility index (Phi) is 3.68. The lowest BCUT2D eigenvalue weighted by Crippen LogP contribution is -2.91. The van der Waals surface area contributed by atoms with Crippen molar-refractivity contribution in [3.8, 4) is 0 Å². The van der Waals surface area contributed by atoms with Crippen molar-refractivity contribution in [1.82, 2.24) is 0 Å². The summed E-state index contributed by atoms with van der Waals surface area (Å²) in [6.45, 7) is 9.60. The third-order valence-corrected chi connectivity index (χ3v) is 5.29. The van der Waals surface area contributed by atoms with Gasteiger partial charge < -0.3 is 5.32 Å². The van der Waals surface area contributed by atoms with E-state index < -0.39 is 0 Å². The first-order valence-electron chi connectivity index (χ1n) is 7.30. The molecule has 0 aromatic heterocycles. The van der Waals surface area contributed by atoms with E-state index in [-0.39, 0.29) is 0 Å². The number of allylic oxidation sites excluding steroid dienone is 1. The molecule has 0 aromatic rings. The molecular formula is C16H29N. The van der Waals surface area contributed by atoms with Crippen LogP contribution >= 0.6 is 0 Å². The van der Waals surface area contributed by atoms with Gasteiger partial charge in [-0.15, -0.1) is 0 Å². The van der Waals surface area contributed by atoms with Gasteiger partial charge in [0.05, 0.1) is 5.54 Å². The zero-order valence-corrected chi connectivity index (χ0v) is 12.0. The number of quaternary nitrogens is 1. The zero-order valence-electron chi connectivity index (χ0n) is 12.0. The minimum Gasteiger partial charge on any atom is -0.474 e. The van der Waals surface area contributed by atoms with Crippen LogP contribution in [-0.2, 0) is 0 Å².